The molecule has 17 heteroatoms. The number of anilines is 2. The summed E-state index contributed by atoms with van der Waals surface area (Å²) >= 11 is 0. The van der Waals surface area contributed by atoms with Crippen molar-refractivity contribution in [2.45, 2.75) is 24.3 Å². The Kier molecular flexibility index (Phi) is 8.02. The topological polar surface area (TPSA) is 182 Å². The summed E-state index contributed by atoms with van der Waals surface area (Å²) in [7, 11) is 0. The first-order valence-electron chi connectivity index (χ1n) is 14.0. The Labute approximate surface area is 262 Å². The molecule has 0 bridgehead atoms. The average Bonchev–Trinajstić information content (AvgIpc) is 3.67. The van der Waals surface area contributed by atoms with E-state index in [0.717, 1.165) is 23.0 Å². The molecule has 4 heterocycles. The van der Waals surface area contributed by atoms with E-state index in [2.05, 4.69) is 20.6 Å². The van der Waals surface area contributed by atoms with Crippen LogP contribution in [0.3, 0.4) is 0 Å². The van der Waals surface area contributed by atoms with E-state index in [1.54, 1.807) is 0 Å². The lowest BCUT2D eigenvalue weighted by atomic mass is 9.86. The fourth-order valence-corrected chi connectivity index (χ4v) is 5.31. The lowest BCUT2D eigenvalue weighted by Gasteiger charge is -2.40. The Bertz CT molecular complexity index is 1980. The van der Waals surface area contributed by atoms with Crippen LogP contribution in [0.15, 0.2) is 71.5 Å². The van der Waals surface area contributed by atoms with Crippen LogP contribution in [0.5, 0.6) is 5.75 Å². The van der Waals surface area contributed by atoms with Gasteiger partial charge in [-0.3, -0.25) is 19.5 Å². The highest BCUT2D eigenvalue weighted by atomic mass is 19.4. The Morgan fingerprint density at radius 2 is 1.94 bits per heavy atom. The lowest BCUT2D eigenvalue weighted by Crippen LogP contribution is -2.63. The maximum atomic E-state index is 15.0. The van der Waals surface area contributed by atoms with E-state index in [9.17, 15) is 37.4 Å². The molecule has 244 valence electrons. The van der Waals surface area contributed by atoms with Crippen LogP contribution in [0.2, 0.25) is 0 Å². The summed E-state index contributed by atoms with van der Waals surface area (Å²) < 4.78 is 66.6. The van der Waals surface area contributed by atoms with Crippen LogP contribution in [0.1, 0.15) is 21.6 Å². The number of nitrogen functional groups attached to an aromatic ring is 1. The molecule has 1 aliphatic heterocycles. The van der Waals surface area contributed by atoms with Gasteiger partial charge in [0.15, 0.2) is 23.3 Å². The van der Waals surface area contributed by atoms with Crippen LogP contribution in [0.4, 0.5) is 29.2 Å². The monoisotopic (exact) mass is 655 g/mol. The van der Waals surface area contributed by atoms with E-state index in [-0.39, 0.29) is 58.3 Å². The minimum absolute atomic E-state index is 0.0223. The minimum atomic E-state index is -4.69. The maximum Gasteiger partial charge on any atom is 0.433 e. The summed E-state index contributed by atoms with van der Waals surface area (Å²) in [5.74, 6) is -2.84. The number of benzene rings is 2. The highest BCUT2D eigenvalue weighted by Gasteiger charge is 2.47. The molecule has 5 aromatic rings. The first kappa shape index (κ1) is 31.4. The molecule has 3 aromatic heterocycles. The zero-order valence-electron chi connectivity index (χ0n) is 24.1. The number of ether oxygens (including phenoxy) is 1. The molecule has 1 unspecified atom stereocenters. The molecule has 6 rings (SSSR count). The zero-order valence-corrected chi connectivity index (χ0v) is 24.1. The van der Waals surface area contributed by atoms with Gasteiger partial charge in [0.1, 0.15) is 28.2 Å². The zero-order chi connectivity index (χ0) is 33.5. The predicted molar refractivity (Wildman–Crippen MR) is 156 cm³/mol. The Morgan fingerprint density at radius 1 is 1.15 bits per heavy atom. The Hall–Kier alpha value is -5.55. The number of amides is 2. The van der Waals surface area contributed by atoms with Crippen LogP contribution < -0.4 is 16.0 Å². The van der Waals surface area contributed by atoms with Gasteiger partial charge in [-0.25, -0.2) is 9.07 Å². The number of nitrogens with one attached hydrogen (secondary N) is 1. The average molecular weight is 656 g/mol. The van der Waals surface area contributed by atoms with Gasteiger partial charge in [-0.1, -0.05) is 17.3 Å². The number of rotatable bonds is 8. The third-order valence-electron chi connectivity index (χ3n) is 7.55. The number of phenolic OH excluding ortho intramolecular Hbond substituents is 1. The smallest absolute Gasteiger partial charge is 0.433 e. The molecular formula is C30H25F4N7O6. The minimum Gasteiger partial charge on any atom is -0.507 e. The second kappa shape index (κ2) is 12.0. The summed E-state index contributed by atoms with van der Waals surface area (Å²) in [5.41, 5.74) is 2.37. The molecule has 5 N–H and O–H groups in total. The van der Waals surface area contributed by atoms with Crippen LogP contribution >= 0.6 is 0 Å². The number of alkyl halides is 3. The number of nitrogens with zero attached hydrogens (tertiary/aromatic N) is 5. The van der Waals surface area contributed by atoms with Gasteiger partial charge in [0.05, 0.1) is 30.9 Å². The lowest BCUT2D eigenvalue weighted by molar-refractivity contribution is -0.157. The summed E-state index contributed by atoms with van der Waals surface area (Å²) in [5, 5.41) is 32.4. The summed E-state index contributed by atoms with van der Waals surface area (Å²) in [4.78, 5) is 31.4. The number of carbonyl (C=O) groups is 2. The number of para-hydroxylation sites is 1. The van der Waals surface area contributed by atoms with Crippen molar-refractivity contribution >= 4 is 34.4 Å². The number of halogens is 4. The maximum absolute atomic E-state index is 15.0. The summed E-state index contributed by atoms with van der Waals surface area (Å²) in [6.45, 7) is -0.748. The van der Waals surface area contributed by atoms with E-state index in [4.69, 9.17) is 15.0 Å². The quantitative estimate of drug-likeness (QED) is 0.182. The van der Waals surface area contributed by atoms with Crippen molar-refractivity contribution in [1.29, 1.82) is 0 Å². The molecule has 2 atom stereocenters. The second-order valence-corrected chi connectivity index (χ2v) is 10.8. The van der Waals surface area contributed by atoms with Gasteiger partial charge in [0.25, 0.3) is 11.8 Å². The number of morpholine rings is 1. The number of fused-ring (bicyclic) bond motifs is 1. The van der Waals surface area contributed by atoms with Crippen LogP contribution in [-0.2, 0) is 22.1 Å². The second-order valence-electron chi connectivity index (χ2n) is 10.8. The van der Waals surface area contributed by atoms with E-state index < -0.39 is 54.2 Å². The van der Waals surface area contributed by atoms with Crippen molar-refractivity contribution in [1.82, 2.24) is 25.2 Å². The number of aromatic nitrogens is 4. The molecular weight excluding hydrogens is 630 g/mol. The van der Waals surface area contributed by atoms with Gasteiger partial charge in [0.2, 0.25) is 0 Å². The highest BCUT2D eigenvalue weighted by Crippen LogP contribution is 2.32. The number of carbonyl (C=O) groups excluding carboxylic acids is 2. The predicted octanol–water partition coefficient (Wildman–Crippen LogP) is 2.99. The van der Waals surface area contributed by atoms with Gasteiger partial charge in [-0.05, 0) is 42.0 Å². The van der Waals surface area contributed by atoms with Gasteiger partial charge in [-0.2, -0.15) is 13.2 Å². The third-order valence-corrected chi connectivity index (χ3v) is 7.55. The van der Waals surface area contributed by atoms with Gasteiger partial charge < -0.3 is 30.5 Å². The molecule has 13 nitrogen and oxygen atoms in total. The molecule has 1 saturated heterocycles. The number of aromatic hydroxyl groups is 1. The molecule has 0 spiro atoms. The fraction of sp³-hybridized carbons (Fsp3) is 0.233. The van der Waals surface area contributed by atoms with Gasteiger partial charge >= 0.3 is 6.18 Å². The normalized spacial score (nSPS) is 16.7. The van der Waals surface area contributed by atoms with Crippen molar-refractivity contribution in [2.24, 2.45) is 0 Å². The highest BCUT2D eigenvalue weighted by molar-refractivity contribution is 5.98. The molecule has 1 aliphatic rings. The standard InChI is InChI=1S/C30H25F4N7O6/c31-19-11-16(12-21-24(19)26(35)39-47-21)14-29(45,15-37-27(43)18-3-1-2-4-20(18)42)25-28(44)40(9-10-46-25)23-6-8-41(38-23)17-5-7-36-22(13-17)30(32,33)34/h1-8,11-13,25,42,45H,9-10,14-15H2,(H2,35,39)(H,37,43)/t25-,29?/m0/s1. The fourth-order valence-electron chi connectivity index (χ4n) is 5.31. The molecule has 2 amide bonds. The summed E-state index contributed by atoms with van der Waals surface area (Å²) in [6, 6.07) is 11.6. The van der Waals surface area contributed by atoms with E-state index >= 15 is 0 Å². The Morgan fingerprint density at radius 3 is 2.70 bits per heavy atom. The summed E-state index contributed by atoms with van der Waals surface area (Å²) in [6.07, 6.45) is -4.46. The molecule has 0 saturated carbocycles. The number of hydrogen-bond donors (Lipinski definition) is 4. The third kappa shape index (κ3) is 6.17. The van der Waals surface area contributed by atoms with Crippen molar-refractivity contribution in [2.75, 3.05) is 30.3 Å². The number of pyridine rings is 1. The van der Waals surface area contributed by atoms with Crippen molar-refractivity contribution in [3.8, 4) is 11.4 Å². The van der Waals surface area contributed by atoms with E-state index in [0.29, 0.717) is 0 Å². The molecule has 1 fully saturated rings. The molecule has 0 radical (unpaired) electrons. The Balaban J connectivity index is 1.31. The van der Waals surface area contributed by atoms with Gasteiger partial charge in [0, 0.05) is 24.9 Å². The van der Waals surface area contributed by atoms with Crippen LogP contribution in [-0.4, -0.2) is 73.3 Å². The SMILES string of the molecule is Nc1noc2cc(CC(O)(CNC(=O)c3ccccc3O)[C@H]3OCCN(c4ccn(-c5ccnc(C(F)(F)F)c5)n4)C3=O)cc(F)c12. The largest absolute Gasteiger partial charge is 0.507 e. The first-order chi connectivity index (χ1) is 22.3. The molecule has 2 aromatic carbocycles. The number of hydrogen-bond acceptors (Lipinski definition) is 10. The molecule has 47 heavy (non-hydrogen) atoms. The number of nitrogens with two attached hydrogens (primary N) is 1. The van der Waals surface area contributed by atoms with Crippen molar-refractivity contribution in [3.05, 3.63) is 89.6 Å². The van der Waals surface area contributed by atoms with Crippen LogP contribution in [0.25, 0.3) is 16.7 Å². The number of aliphatic hydroxyl groups is 1. The molecule has 0 aliphatic carbocycles. The van der Waals surface area contributed by atoms with Crippen molar-refractivity contribution < 1.29 is 46.6 Å². The van der Waals surface area contributed by atoms with Gasteiger partial charge in [-0.15, -0.1) is 5.10 Å². The van der Waals surface area contributed by atoms with E-state index in [1.807, 2.05) is 0 Å². The van der Waals surface area contributed by atoms with Crippen molar-refractivity contribution in [3.63, 3.8) is 0 Å². The van der Waals surface area contributed by atoms with Crippen LogP contribution in [0, 0.1) is 5.82 Å². The number of phenols is 1. The first-order valence-corrected chi connectivity index (χ1v) is 14.0. The van der Waals surface area contributed by atoms with E-state index in [1.165, 1.54) is 53.6 Å².